The van der Waals surface area contributed by atoms with Crippen molar-refractivity contribution in [2.24, 2.45) is 5.92 Å². The Kier molecular flexibility index (Phi) is 5.55. The summed E-state index contributed by atoms with van der Waals surface area (Å²) in [7, 11) is -0.953. The summed E-state index contributed by atoms with van der Waals surface area (Å²) in [5, 5.41) is 2.62. The molecule has 1 N–H and O–H groups in total. The van der Waals surface area contributed by atoms with E-state index in [9.17, 15) is 18.0 Å². The molecule has 0 aromatic heterocycles. The lowest BCUT2D eigenvalue weighted by atomic mass is 9.78. The number of hydrogen-bond acceptors (Lipinski definition) is 4. The third-order valence-corrected chi connectivity index (χ3v) is 5.67. The van der Waals surface area contributed by atoms with E-state index in [2.05, 4.69) is 5.32 Å². The molecule has 1 aromatic rings. The number of carbonyl (C=O) groups is 1. The summed E-state index contributed by atoms with van der Waals surface area (Å²) in [5.41, 5.74) is -1.93. The van der Waals surface area contributed by atoms with Gasteiger partial charge in [-0.15, -0.1) is 0 Å². The van der Waals surface area contributed by atoms with Crippen LogP contribution in [0.5, 0.6) is 0 Å². The Morgan fingerprint density at radius 3 is 2.18 bits per heavy atom. The van der Waals surface area contributed by atoms with Gasteiger partial charge in [0.2, 0.25) is 5.91 Å². The first-order chi connectivity index (χ1) is 12.9. The Bertz CT molecular complexity index is 729. The predicted octanol–water partition coefficient (Wildman–Crippen LogP) is 3.37. The lowest BCUT2D eigenvalue weighted by Gasteiger charge is -2.32. The third-order valence-electron chi connectivity index (χ3n) is 5.67. The van der Waals surface area contributed by atoms with E-state index in [4.69, 9.17) is 14.0 Å². The number of halogens is 3. The summed E-state index contributed by atoms with van der Waals surface area (Å²) in [6, 6.07) is 3.42. The SMILES string of the molecule is CC1(C)OB(c2cc(NC(=O)C3CCOCC3)cc(C(F)(F)F)c2)OC1(C)C. The van der Waals surface area contributed by atoms with Gasteiger partial charge >= 0.3 is 13.3 Å². The highest BCUT2D eigenvalue weighted by Gasteiger charge is 2.52. The van der Waals surface area contributed by atoms with Crippen LogP contribution >= 0.6 is 0 Å². The van der Waals surface area contributed by atoms with Gasteiger partial charge in [0.05, 0.1) is 16.8 Å². The molecule has 0 spiro atoms. The first kappa shape index (κ1) is 21.1. The number of rotatable bonds is 3. The molecule has 0 radical (unpaired) electrons. The smallest absolute Gasteiger partial charge is 0.399 e. The highest BCUT2D eigenvalue weighted by atomic mass is 19.4. The fourth-order valence-electron chi connectivity index (χ4n) is 3.21. The summed E-state index contributed by atoms with van der Waals surface area (Å²) in [4.78, 5) is 12.5. The van der Waals surface area contributed by atoms with Crippen molar-refractivity contribution in [2.75, 3.05) is 18.5 Å². The quantitative estimate of drug-likeness (QED) is 0.793. The van der Waals surface area contributed by atoms with Crippen LogP contribution in [0, 0.1) is 5.92 Å². The van der Waals surface area contributed by atoms with Crippen LogP contribution in [0.4, 0.5) is 18.9 Å². The Morgan fingerprint density at radius 2 is 1.64 bits per heavy atom. The standard InChI is InChI=1S/C19H25BF3NO4/c1-17(2)18(3,4)28-20(27-17)14-9-13(19(21,22)23)10-15(11-14)24-16(25)12-5-7-26-8-6-12/h9-12H,5-8H2,1-4H3,(H,24,25). The highest BCUT2D eigenvalue weighted by molar-refractivity contribution is 6.62. The molecule has 2 fully saturated rings. The highest BCUT2D eigenvalue weighted by Crippen LogP contribution is 2.37. The van der Waals surface area contributed by atoms with Gasteiger partial charge in [0.25, 0.3) is 0 Å². The number of ether oxygens (including phenoxy) is 1. The second-order valence-electron chi connectivity index (χ2n) is 8.31. The van der Waals surface area contributed by atoms with Gasteiger partial charge in [-0.3, -0.25) is 4.79 Å². The summed E-state index contributed by atoms with van der Waals surface area (Å²) < 4.78 is 57.2. The molecule has 0 unspecified atom stereocenters. The van der Waals surface area contributed by atoms with E-state index in [-0.39, 0.29) is 23.0 Å². The number of hydrogen-bond donors (Lipinski definition) is 1. The van der Waals surface area contributed by atoms with Crippen molar-refractivity contribution in [1.82, 2.24) is 0 Å². The minimum absolute atomic E-state index is 0.0797. The van der Waals surface area contributed by atoms with Crippen LogP contribution in [-0.4, -0.2) is 37.4 Å². The van der Waals surface area contributed by atoms with E-state index in [0.717, 1.165) is 12.1 Å². The van der Waals surface area contributed by atoms with Gasteiger partial charge in [-0.1, -0.05) is 6.07 Å². The number of carbonyl (C=O) groups excluding carboxylic acids is 1. The van der Waals surface area contributed by atoms with Crippen molar-refractivity contribution < 1.29 is 32.0 Å². The summed E-state index contributed by atoms with van der Waals surface area (Å²) >= 11 is 0. The van der Waals surface area contributed by atoms with Gasteiger partial charge in [-0.05, 0) is 58.1 Å². The van der Waals surface area contributed by atoms with Gasteiger partial charge in [0.15, 0.2) is 0 Å². The largest absolute Gasteiger partial charge is 0.494 e. The molecule has 2 aliphatic rings. The molecular weight excluding hydrogens is 374 g/mol. The fraction of sp³-hybridized carbons (Fsp3) is 0.632. The molecule has 0 saturated carbocycles. The Labute approximate surface area is 163 Å². The summed E-state index contributed by atoms with van der Waals surface area (Å²) in [6.45, 7) is 8.26. The monoisotopic (exact) mass is 399 g/mol. The van der Waals surface area contributed by atoms with E-state index >= 15 is 0 Å². The molecule has 2 aliphatic heterocycles. The fourth-order valence-corrected chi connectivity index (χ4v) is 3.21. The van der Waals surface area contributed by atoms with Crippen LogP contribution < -0.4 is 10.8 Å². The molecule has 5 nitrogen and oxygen atoms in total. The van der Waals surface area contributed by atoms with Crippen molar-refractivity contribution in [3.05, 3.63) is 23.8 Å². The molecule has 3 rings (SSSR count). The van der Waals surface area contributed by atoms with E-state index in [0.29, 0.717) is 26.1 Å². The average molecular weight is 399 g/mol. The second kappa shape index (κ2) is 7.35. The number of amides is 1. The van der Waals surface area contributed by atoms with Crippen molar-refractivity contribution in [3.63, 3.8) is 0 Å². The zero-order valence-corrected chi connectivity index (χ0v) is 16.5. The summed E-state index contributed by atoms with van der Waals surface area (Å²) in [5.74, 6) is -0.578. The molecule has 154 valence electrons. The maximum absolute atomic E-state index is 13.4. The van der Waals surface area contributed by atoms with E-state index in [1.165, 1.54) is 6.07 Å². The van der Waals surface area contributed by atoms with E-state index in [1.54, 1.807) is 0 Å². The van der Waals surface area contributed by atoms with E-state index < -0.39 is 30.1 Å². The molecule has 2 saturated heterocycles. The van der Waals surface area contributed by atoms with Gasteiger partial charge in [0.1, 0.15) is 0 Å². The maximum Gasteiger partial charge on any atom is 0.494 e. The first-order valence-electron chi connectivity index (χ1n) is 9.35. The minimum Gasteiger partial charge on any atom is -0.399 e. The lowest BCUT2D eigenvalue weighted by Crippen LogP contribution is -2.41. The molecule has 0 bridgehead atoms. The van der Waals surface area contributed by atoms with Crippen LogP contribution in [0.25, 0.3) is 0 Å². The predicted molar refractivity (Wildman–Crippen MR) is 99.3 cm³/mol. The maximum atomic E-state index is 13.4. The normalized spacial score (nSPS) is 22.3. The zero-order chi connectivity index (χ0) is 20.7. The van der Waals surface area contributed by atoms with Gasteiger partial charge < -0.3 is 19.4 Å². The van der Waals surface area contributed by atoms with Crippen molar-refractivity contribution in [2.45, 2.75) is 57.9 Å². The molecule has 0 aliphatic carbocycles. The molecule has 2 heterocycles. The second-order valence-corrected chi connectivity index (χ2v) is 8.31. The van der Waals surface area contributed by atoms with Crippen LogP contribution in [-0.2, 0) is 25.0 Å². The lowest BCUT2D eigenvalue weighted by molar-refractivity contribution is -0.137. The Morgan fingerprint density at radius 1 is 1.07 bits per heavy atom. The van der Waals surface area contributed by atoms with Crippen LogP contribution in [0.15, 0.2) is 18.2 Å². The number of nitrogens with one attached hydrogen (secondary N) is 1. The molecule has 1 amide bonds. The minimum atomic E-state index is -4.56. The van der Waals surface area contributed by atoms with Crippen LogP contribution in [0.1, 0.15) is 46.1 Å². The first-order valence-corrected chi connectivity index (χ1v) is 9.35. The molecular formula is C19H25BF3NO4. The number of anilines is 1. The molecule has 0 atom stereocenters. The van der Waals surface area contributed by atoms with Crippen molar-refractivity contribution in [1.29, 1.82) is 0 Å². The van der Waals surface area contributed by atoms with Gasteiger partial charge in [-0.25, -0.2) is 0 Å². The summed E-state index contributed by atoms with van der Waals surface area (Å²) in [6.07, 6.45) is -3.46. The Hall–Kier alpha value is -1.58. The average Bonchev–Trinajstić information content (AvgIpc) is 2.82. The molecule has 1 aromatic carbocycles. The zero-order valence-electron chi connectivity index (χ0n) is 16.5. The van der Waals surface area contributed by atoms with Crippen molar-refractivity contribution >= 4 is 24.2 Å². The van der Waals surface area contributed by atoms with Gasteiger partial charge in [-0.2, -0.15) is 13.2 Å². The topological polar surface area (TPSA) is 56.8 Å². The Balaban J connectivity index is 1.89. The van der Waals surface area contributed by atoms with Crippen LogP contribution in [0.3, 0.4) is 0 Å². The van der Waals surface area contributed by atoms with Crippen molar-refractivity contribution in [3.8, 4) is 0 Å². The molecule has 28 heavy (non-hydrogen) atoms. The number of alkyl halides is 3. The molecule has 9 heteroatoms. The van der Waals surface area contributed by atoms with E-state index in [1.807, 2.05) is 27.7 Å². The van der Waals surface area contributed by atoms with Gasteiger partial charge in [0, 0.05) is 24.8 Å². The number of benzene rings is 1. The third kappa shape index (κ3) is 4.36. The van der Waals surface area contributed by atoms with Crippen LogP contribution in [0.2, 0.25) is 0 Å².